The second-order valence-corrected chi connectivity index (χ2v) is 7.22. The van der Waals surface area contributed by atoms with E-state index in [1.165, 1.54) is 11.1 Å². The number of hydrogen-bond acceptors (Lipinski definition) is 3. The third kappa shape index (κ3) is 3.65. The number of benzene rings is 2. The number of rotatable bonds is 4. The maximum absolute atomic E-state index is 13.0. The second-order valence-electron chi connectivity index (χ2n) is 7.22. The summed E-state index contributed by atoms with van der Waals surface area (Å²) in [7, 11) is 0. The molecule has 138 valence electrons. The smallest absolute Gasteiger partial charge is 0.229 e. The van der Waals surface area contributed by atoms with Crippen molar-refractivity contribution in [2.24, 2.45) is 0 Å². The fourth-order valence-corrected chi connectivity index (χ4v) is 3.74. The molecule has 0 radical (unpaired) electrons. The molecule has 0 spiro atoms. The first-order valence-electron chi connectivity index (χ1n) is 9.49. The molecular weight excluding hydrogens is 336 g/mol. The maximum atomic E-state index is 13.0. The molecule has 0 aliphatic carbocycles. The van der Waals surface area contributed by atoms with Gasteiger partial charge in [0, 0.05) is 12.1 Å². The summed E-state index contributed by atoms with van der Waals surface area (Å²) >= 11 is 0. The van der Waals surface area contributed by atoms with E-state index in [0.29, 0.717) is 11.7 Å². The Kier molecular flexibility index (Phi) is 4.80. The average molecular weight is 360 g/mol. The van der Waals surface area contributed by atoms with Gasteiger partial charge >= 0.3 is 0 Å². The summed E-state index contributed by atoms with van der Waals surface area (Å²) in [6, 6.07) is 18.5. The van der Waals surface area contributed by atoms with E-state index in [9.17, 15) is 4.79 Å². The van der Waals surface area contributed by atoms with Crippen LogP contribution in [0.5, 0.6) is 0 Å². The molecular formula is C23H24N2O2. The van der Waals surface area contributed by atoms with E-state index < -0.39 is 0 Å². The fraction of sp³-hybridized carbons (Fsp3) is 0.304. The molecule has 1 atom stereocenters. The number of oxazole rings is 1. The minimum Gasteiger partial charge on any atom is -0.441 e. The van der Waals surface area contributed by atoms with Crippen molar-refractivity contribution in [2.75, 3.05) is 6.54 Å². The number of carbonyl (C=O) groups is 1. The van der Waals surface area contributed by atoms with E-state index in [1.54, 1.807) is 0 Å². The van der Waals surface area contributed by atoms with Gasteiger partial charge in [-0.1, -0.05) is 48.0 Å². The highest BCUT2D eigenvalue weighted by Crippen LogP contribution is 2.33. The summed E-state index contributed by atoms with van der Waals surface area (Å²) < 4.78 is 5.81. The Balaban J connectivity index is 1.52. The summed E-state index contributed by atoms with van der Waals surface area (Å²) in [6.07, 6.45) is 2.34. The van der Waals surface area contributed by atoms with E-state index in [0.717, 1.165) is 30.6 Å². The van der Waals surface area contributed by atoms with Crippen LogP contribution >= 0.6 is 0 Å². The Labute approximate surface area is 159 Å². The van der Waals surface area contributed by atoms with Crippen LogP contribution in [0.2, 0.25) is 0 Å². The molecule has 2 aromatic carbocycles. The van der Waals surface area contributed by atoms with Gasteiger partial charge in [0.25, 0.3) is 0 Å². The minimum absolute atomic E-state index is 0.120. The highest BCUT2D eigenvalue weighted by molar-refractivity contribution is 5.79. The standard InChI is InChI=1S/C23H24N2O2/c1-16-10-12-18(13-11-16)21-9-6-14-25(21)22(26)15-20-17(2)27-23(24-20)19-7-4-3-5-8-19/h3-5,7-8,10-13,21H,6,9,14-15H2,1-2H3. The first-order chi connectivity index (χ1) is 13.1. The van der Waals surface area contributed by atoms with Crippen LogP contribution in [0.25, 0.3) is 11.5 Å². The monoisotopic (exact) mass is 360 g/mol. The van der Waals surface area contributed by atoms with Crippen LogP contribution in [0, 0.1) is 13.8 Å². The van der Waals surface area contributed by atoms with Gasteiger partial charge in [-0.05, 0) is 44.4 Å². The highest BCUT2D eigenvalue weighted by Gasteiger charge is 2.30. The van der Waals surface area contributed by atoms with Crippen molar-refractivity contribution in [2.45, 2.75) is 39.2 Å². The van der Waals surface area contributed by atoms with Crippen LogP contribution in [0.4, 0.5) is 0 Å². The molecule has 3 aromatic rings. The van der Waals surface area contributed by atoms with Gasteiger partial charge in [-0.25, -0.2) is 4.98 Å². The number of hydrogen-bond donors (Lipinski definition) is 0. The van der Waals surface area contributed by atoms with Gasteiger partial charge in [0.1, 0.15) is 5.76 Å². The van der Waals surface area contributed by atoms with Gasteiger partial charge in [-0.2, -0.15) is 0 Å². The fourth-order valence-electron chi connectivity index (χ4n) is 3.74. The third-order valence-electron chi connectivity index (χ3n) is 5.27. The SMILES string of the molecule is Cc1ccc(C2CCCN2C(=O)Cc2nc(-c3ccccc3)oc2C)cc1. The minimum atomic E-state index is 0.120. The molecule has 0 bridgehead atoms. The predicted octanol–water partition coefficient (Wildman–Crippen LogP) is 4.86. The van der Waals surface area contributed by atoms with Gasteiger partial charge in [-0.3, -0.25) is 4.79 Å². The van der Waals surface area contributed by atoms with Crippen molar-refractivity contribution >= 4 is 5.91 Å². The summed E-state index contributed by atoms with van der Waals surface area (Å²) in [4.78, 5) is 19.6. The molecule has 4 rings (SSSR count). The lowest BCUT2D eigenvalue weighted by Crippen LogP contribution is -2.32. The van der Waals surface area contributed by atoms with Crippen LogP contribution in [-0.4, -0.2) is 22.3 Å². The van der Waals surface area contributed by atoms with Crippen LogP contribution in [0.1, 0.15) is 41.5 Å². The van der Waals surface area contributed by atoms with Crippen LogP contribution < -0.4 is 0 Å². The number of amides is 1. The molecule has 2 heterocycles. The highest BCUT2D eigenvalue weighted by atomic mass is 16.4. The molecule has 0 N–H and O–H groups in total. The topological polar surface area (TPSA) is 46.3 Å². The van der Waals surface area contributed by atoms with E-state index in [4.69, 9.17) is 4.42 Å². The van der Waals surface area contributed by atoms with Gasteiger partial charge < -0.3 is 9.32 Å². The van der Waals surface area contributed by atoms with Crippen LogP contribution in [-0.2, 0) is 11.2 Å². The van der Waals surface area contributed by atoms with Crippen molar-refractivity contribution in [3.63, 3.8) is 0 Å². The Bertz CT molecular complexity index is 929. The molecule has 4 heteroatoms. The van der Waals surface area contributed by atoms with Gasteiger partial charge in [-0.15, -0.1) is 0 Å². The predicted molar refractivity (Wildman–Crippen MR) is 105 cm³/mol. The molecule has 1 aliphatic rings. The molecule has 27 heavy (non-hydrogen) atoms. The zero-order valence-corrected chi connectivity index (χ0v) is 15.8. The van der Waals surface area contributed by atoms with Crippen molar-refractivity contribution < 1.29 is 9.21 Å². The molecule has 1 amide bonds. The lowest BCUT2D eigenvalue weighted by molar-refractivity contribution is -0.131. The van der Waals surface area contributed by atoms with Crippen molar-refractivity contribution in [1.82, 2.24) is 9.88 Å². The second kappa shape index (κ2) is 7.39. The Morgan fingerprint density at radius 2 is 1.85 bits per heavy atom. The van der Waals surface area contributed by atoms with Crippen LogP contribution in [0.15, 0.2) is 59.0 Å². The van der Waals surface area contributed by atoms with Gasteiger partial charge in [0.2, 0.25) is 11.8 Å². The maximum Gasteiger partial charge on any atom is 0.229 e. The Morgan fingerprint density at radius 3 is 2.59 bits per heavy atom. The molecule has 4 nitrogen and oxygen atoms in total. The summed E-state index contributed by atoms with van der Waals surface area (Å²) in [6.45, 7) is 4.77. The first-order valence-corrected chi connectivity index (χ1v) is 9.49. The lowest BCUT2D eigenvalue weighted by atomic mass is 10.0. The molecule has 1 aliphatic heterocycles. The zero-order valence-electron chi connectivity index (χ0n) is 15.8. The zero-order chi connectivity index (χ0) is 18.8. The largest absolute Gasteiger partial charge is 0.441 e. The van der Waals surface area contributed by atoms with E-state index in [1.807, 2.05) is 42.2 Å². The molecule has 0 saturated carbocycles. The summed E-state index contributed by atoms with van der Waals surface area (Å²) in [5, 5.41) is 0. The first kappa shape index (κ1) is 17.5. The molecule has 1 saturated heterocycles. The van der Waals surface area contributed by atoms with Gasteiger partial charge in [0.05, 0.1) is 18.2 Å². The van der Waals surface area contributed by atoms with E-state index in [-0.39, 0.29) is 18.4 Å². The van der Waals surface area contributed by atoms with E-state index in [2.05, 4.69) is 36.2 Å². The number of nitrogens with zero attached hydrogens (tertiary/aromatic N) is 2. The Hall–Kier alpha value is -2.88. The average Bonchev–Trinajstić information content (AvgIpc) is 3.31. The Morgan fingerprint density at radius 1 is 1.11 bits per heavy atom. The van der Waals surface area contributed by atoms with Crippen molar-refractivity contribution in [3.05, 3.63) is 77.2 Å². The molecule has 1 unspecified atom stereocenters. The van der Waals surface area contributed by atoms with Crippen molar-refractivity contribution in [3.8, 4) is 11.5 Å². The quantitative estimate of drug-likeness (QED) is 0.667. The van der Waals surface area contributed by atoms with E-state index >= 15 is 0 Å². The van der Waals surface area contributed by atoms with Crippen molar-refractivity contribution in [1.29, 1.82) is 0 Å². The summed E-state index contributed by atoms with van der Waals surface area (Å²) in [5.41, 5.74) is 4.11. The van der Waals surface area contributed by atoms with Crippen LogP contribution in [0.3, 0.4) is 0 Å². The number of carbonyl (C=O) groups excluding carboxylic acids is 1. The summed E-state index contributed by atoms with van der Waals surface area (Å²) in [5.74, 6) is 1.41. The molecule has 1 fully saturated rings. The van der Waals surface area contributed by atoms with Gasteiger partial charge in [0.15, 0.2) is 0 Å². The number of likely N-dealkylation sites (tertiary alicyclic amines) is 1. The number of aromatic nitrogens is 1. The molecule has 1 aromatic heterocycles. The third-order valence-corrected chi connectivity index (χ3v) is 5.27. The lowest BCUT2D eigenvalue weighted by Gasteiger charge is -2.25. The number of aryl methyl sites for hydroxylation is 2. The normalized spacial score (nSPS) is 16.7.